The summed E-state index contributed by atoms with van der Waals surface area (Å²) in [6.07, 6.45) is -0.570. The Bertz CT molecular complexity index is 460. The number of ketones is 1. The second kappa shape index (κ2) is 3.82. The van der Waals surface area contributed by atoms with Crippen LogP contribution in [0.2, 0.25) is 0 Å². The topological polar surface area (TPSA) is 38.8 Å². The number of nitrogens with zero attached hydrogens (tertiary/aromatic N) is 1. The average Bonchev–Trinajstić information content (AvgIpc) is 2.64. The van der Waals surface area contributed by atoms with E-state index in [0.717, 1.165) is 11.3 Å². The van der Waals surface area contributed by atoms with Crippen molar-refractivity contribution in [2.24, 2.45) is 5.92 Å². The molecule has 0 amide bonds. The first-order chi connectivity index (χ1) is 8.24. The Kier molecular flexibility index (Phi) is 2.42. The number of para-hydroxylation sites is 1. The zero-order chi connectivity index (χ0) is 12.0. The van der Waals surface area contributed by atoms with Crippen LogP contribution >= 0.6 is 0 Å². The molecule has 2 aliphatic rings. The van der Waals surface area contributed by atoms with Gasteiger partial charge in [-0.2, -0.15) is 0 Å². The Hall–Kier alpha value is -1.39. The van der Waals surface area contributed by atoms with Crippen LogP contribution in [-0.4, -0.2) is 24.7 Å². The predicted molar refractivity (Wildman–Crippen MR) is 62.7 cm³/mol. The van der Waals surface area contributed by atoms with E-state index < -0.39 is 6.10 Å². The van der Waals surface area contributed by atoms with Crippen LogP contribution in [0.5, 0.6) is 0 Å². The fourth-order valence-electron chi connectivity index (χ4n) is 2.54. The highest BCUT2D eigenvalue weighted by Gasteiger charge is 2.50. The molecule has 0 aliphatic carbocycles. The van der Waals surface area contributed by atoms with Crippen molar-refractivity contribution < 1.29 is 14.4 Å². The normalized spacial score (nSPS) is 30.6. The summed E-state index contributed by atoms with van der Waals surface area (Å²) in [6.45, 7) is 4.55. The van der Waals surface area contributed by atoms with Crippen molar-refractivity contribution in [3.05, 3.63) is 29.8 Å². The van der Waals surface area contributed by atoms with Gasteiger partial charge in [-0.1, -0.05) is 19.1 Å². The number of hydroxylamine groups is 1. The van der Waals surface area contributed by atoms with Gasteiger partial charge in [0.2, 0.25) is 0 Å². The van der Waals surface area contributed by atoms with E-state index in [0.29, 0.717) is 6.61 Å². The molecule has 0 radical (unpaired) electrons. The third-order valence-corrected chi connectivity index (χ3v) is 3.39. The van der Waals surface area contributed by atoms with Gasteiger partial charge in [0, 0.05) is 18.1 Å². The molecule has 0 spiro atoms. The summed E-state index contributed by atoms with van der Waals surface area (Å²) in [5.41, 5.74) is 1.55. The van der Waals surface area contributed by atoms with Crippen LogP contribution in [0.3, 0.4) is 0 Å². The van der Waals surface area contributed by atoms with E-state index in [-0.39, 0.29) is 17.9 Å². The molecule has 4 nitrogen and oxygen atoms in total. The molecular formula is C13H15NO3. The quantitative estimate of drug-likeness (QED) is 0.783. The molecule has 3 atom stereocenters. The van der Waals surface area contributed by atoms with Crippen LogP contribution in [0.1, 0.15) is 24.2 Å². The highest BCUT2D eigenvalue weighted by molar-refractivity contribution is 6.06. The Morgan fingerprint density at radius 1 is 1.41 bits per heavy atom. The van der Waals surface area contributed by atoms with Gasteiger partial charge in [0.05, 0.1) is 5.69 Å². The van der Waals surface area contributed by atoms with Crippen molar-refractivity contribution >= 4 is 11.5 Å². The summed E-state index contributed by atoms with van der Waals surface area (Å²) < 4.78 is 5.68. The minimum absolute atomic E-state index is 0.0508. The van der Waals surface area contributed by atoms with Gasteiger partial charge in [0.25, 0.3) is 0 Å². The van der Waals surface area contributed by atoms with Crippen LogP contribution < -0.4 is 5.06 Å². The Balaban J connectivity index is 2.07. The summed E-state index contributed by atoms with van der Waals surface area (Å²) >= 11 is 0. The van der Waals surface area contributed by atoms with Gasteiger partial charge in [-0.05, 0) is 19.1 Å². The van der Waals surface area contributed by atoms with Crippen molar-refractivity contribution in [1.29, 1.82) is 0 Å². The maximum atomic E-state index is 12.2. The van der Waals surface area contributed by atoms with E-state index in [9.17, 15) is 4.79 Å². The molecule has 17 heavy (non-hydrogen) atoms. The maximum Gasteiger partial charge on any atom is 0.196 e. The molecule has 0 unspecified atom stereocenters. The van der Waals surface area contributed by atoms with Crippen molar-refractivity contribution in [3.63, 3.8) is 0 Å². The smallest absolute Gasteiger partial charge is 0.196 e. The molecule has 1 saturated heterocycles. The van der Waals surface area contributed by atoms with Crippen molar-refractivity contribution in [1.82, 2.24) is 0 Å². The first-order valence-electron chi connectivity index (χ1n) is 5.95. The molecule has 0 saturated carbocycles. The van der Waals surface area contributed by atoms with Crippen LogP contribution in [0.25, 0.3) is 0 Å². The fraction of sp³-hybridized carbons (Fsp3) is 0.462. The predicted octanol–water partition coefficient (Wildman–Crippen LogP) is 2.00. The molecule has 1 aromatic carbocycles. The zero-order valence-corrected chi connectivity index (χ0v) is 9.92. The van der Waals surface area contributed by atoms with Gasteiger partial charge in [-0.25, -0.2) is 5.06 Å². The molecule has 2 aliphatic heterocycles. The Morgan fingerprint density at radius 2 is 2.18 bits per heavy atom. The average molecular weight is 233 g/mol. The van der Waals surface area contributed by atoms with Crippen LogP contribution in [0.4, 0.5) is 5.69 Å². The lowest BCUT2D eigenvalue weighted by molar-refractivity contribution is 0.0139. The first-order valence-corrected chi connectivity index (χ1v) is 5.95. The summed E-state index contributed by atoms with van der Waals surface area (Å²) in [5, 5.41) is 1.75. The van der Waals surface area contributed by atoms with E-state index >= 15 is 0 Å². The van der Waals surface area contributed by atoms with Crippen molar-refractivity contribution in [3.8, 4) is 0 Å². The lowest BCUT2D eigenvalue weighted by Gasteiger charge is -2.28. The number of hydrogen-bond donors (Lipinski definition) is 0. The van der Waals surface area contributed by atoms with E-state index in [2.05, 4.69) is 0 Å². The number of carbonyl (C=O) groups is 1. The Morgan fingerprint density at radius 3 is 2.94 bits per heavy atom. The molecule has 1 aromatic rings. The highest BCUT2D eigenvalue weighted by atomic mass is 16.7. The van der Waals surface area contributed by atoms with Crippen LogP contribution in [0.15, 0.2) is 24.3 Å². The summed E-state index contributed by atoms with van der Waals surface area (Å²) in [5.74, 6) is 0.112. The number of Topliss-reactive ketones (excluding diaryl/α,β-unsaturated/α-hetero) is 1. The lowest BCUT2D eigenvalue weighted by Crippen LogP contribution is -2.35. The number of fused-ring (bicyclic) bond motifs is 4. The molecular weight excluding hydrogens is 218 g/mol. The van der Waals surface area contributed by atoms with E-state index in [1.54, 1.807) is 5.06 Å². The molecule has 4 heteroatoms. The SMILES string of the molecule is CCO[C@H]1[C@@H](C)[C@H]2ON1c1ccccc1C2=O. The summed E-state index contributed by atoms with van der Waals surface area (Å²) in [7, 11) is 0. The van der Waals surface area contributed by atoms with E-state index in [4.69, 9.17) is 9.57 Å². The minimum Gasteiger partial charge on any atom is -0.356 e. The lowest BCUT2D eigenvalue weighted by atomic mass is 9.97. The molecule has 90 valence electrons. The standard InChI is InChI=1S/C13H15NO3/c1-3-16-13-8(2)12-11(15)9-6-4-5-7-10(9)14(13)17-12/h4-8,12-13H,3H2,1-2H3/t8-,12+,13-/m0/s1. The van der Waals surface area contributed by atoms with Crippen molar-refractivity contribution in [2.45, 2.75) is 26.2 Å². The Labute approximate surface area is 100 Å². The number of benzene rings is 1. The van der Waals surface area contributed by atoms with Gasteiger partial charge >= 0.3 is 0 Å². The van der Waals surface area contributed by atoms with E-state index in [1.807, 2.05) is 38.1 Å². The number of ether oxygens (including phenoxy) is 1. The number of hydrogen-bond acceptors (Lipinski definition) is 4. The maximum absolute atomic E-state index is 12.2. The molecule has 0 aromatic heterocycles. The third-order valence-electron chi connectivity index (χ3n) is 3.39. The van der Waals surface area contributed by atoms with Crippen LogP contribution in [-0.2, 0) is 9.57 Å². The number of anilines is 1. The van der Waals surface area contributed by atoms with E-state index in [1.165, 1.54) is 0 Å². The van der Waals surface area contributed by atoms with Crippen LogP contribution in [0, 0.1) is 5.92 Å². The monoisotopic (exact) mass is 233 g/mol. The largest absolute Gasteiger partial charge is 0.356 e. The minimum atomic E-state index is -0.401. The third kappa shape index (κ3) is 1.41. The molecule has 0 N–H and O–H groups in total. The highest BCUT2D eigenvalue weighted by Crippen LogP contribution is 2.41. The van der Waals surface area contributed by atoms with Gasteiger partial charge < -0.3 is 4.74 Å². The summed E-state index contributed by atoms with van der Waals surface area (Å²) in [4.78, 5) is 17.9. The number of rotatable bonds is 2. The first kappa shape index (κ1) is 10.7. The molecule has 3 rings (SSSR count). The van der Waals surface area contributed by atoms with Gasteiger partial charge in [0.15, 0.2) is 18.1 Å². The van der Waals surface area contributed by atoms with Gasteiger partial charge in [0.1, 0.15) is 0 Å². The second-order valence-electron chi connectivity index (χ2n) is 4.44. The van der Waals surface area contributed by atoms with Gasteiger partial charge in [-0.15, -0.1) is 0 Å². The van der Waals surface area contributed by atoms with Crippen molar-refractivity contribution in [2.75, 3.05) is 11.7 Å². The number of carbonyl (C=O) groups excluding carboxylic acids is 1. The molecule has 1 fully saturated rings. The fourth-order valence-corrected chi connectivity index (χ4v) is 2.54. The van der Waals surface area contributed by atoms with Gasteiger partial charge in [-0.3, -0.25) is 9.63 Å². The second-order valence-corrected chi connectivity index (χ2v) is 4.44. The molecule has 2 heterocycles. The summed E-state index contributed by atoms with van der Waals surface area (Å²) in [6, 6.07) is 7.53. The zero-order valence-electron chi connectivity index (χ0n) is 9.92. The molecule has 2 bridgehead atoms.